The van der Waals surface area contributed by atoms with Crippen LogP contribution in [0.1, 0.15) is 38.7 Å². The van der Waals surface area contributed by atoms with Gasteiger partial charge in [-0.15, -0.1) is 0 Å². The molecule has 0 aromatic heterocycles. The number of likely N-dealkylation sites (tertiary alicyclic amines) is 1. The number of rotatable bonds is 2. The minimum atomic E-state index is -0.647. The monoisotopic (exact) mass is 313 g/mol. The van der Waals surface area contributed by atoms with Crippen LogP contribution in [0.2, 0.25) is 0 Å². The van der Waals surface area contributed by atoms with Crippen LogP contribution in [-0.4, -0.2) is 40.9 Å². The quantitative estimate of drug-likeness (QED) is 0.913. The molecule has 1 aliphatic rings. The molecule has 1 aliphatic heterocycles. The maximum Gasteiger partial charge on any atom is 0.410 e. The van der Waals surface area contributed by atoms with Crippen molar-refractivity contribution in [2.75, 3.05) is 13.2 Å². The van der Waals surface area contributed by atoms with Gasteiger partial charge in [-0.2, -0.15) is 0 Å². The Hall–Kier alpha value is -1.69. The number of aliphatic hydroxyl groups excluding tert-OH is 1. The predicted molar refractivity (Wildman–Crippen MR) is 77.5 cm³/mol. The third-order valence-electron chi connectivity index (χ3n) is 3.61. The summed E-state index contributed by atoms with van der Waals surface area (Å²) in [6.45, 7) is 5.33. The highest BCUT2D eigenvalue weighted by molar-refractivity contribution is 5.69. The summed E-state index contributed by atoms with van der Waals surface area (Å²) >= 11 is 0. The van der Waals surface area contributed by atoms with Crippen LogP contribution in [0, 0.1) is 11.6 Å². The number of hydrogen-bond acceptors (Lipinski definition) is 3. The van der Waals surface area contributed by atoms with Crippen molar-refractivity contribution in [2.45, 2.75) is 44.8 Å². The second kappa shape index (κ2) is 6.20. The minimum Gasteiger partial charge on any atom is -0.444 e. The molecule has 4 nitrogen and oxygen atoms in total. The van der Waals surface area contributed by atoms with Gasteiger partial charge in [-0.25, -0.2) is 13.6 Å². The van der Waals surface area contributed by atoms with Crippen LogP contribution in [0.3, 0.4) is 0 Å². The molecule has 6 heteroatoms. The van der Waals surface area contributed by atoms with E-state index in [2.05, 4.69) is 0 Å². The number of carbonyl (C=O) groups is 1. The molecule has 2 atom stereocenters. The standard InChI is InChI=1S/C16H21F2NO3/c1-16(2,3)22-15(21)19-8-11(6-14(19)9-20)10-4-12(17)7-13(18)5-10/h4-5,7,11,14,20H,6,8-9H2,1-3H3/t11-,14+/m0/s1. The predicted octanol–water partition coefficient (Wildman–Crippen LogP) is 3.05. The van der Waals surface area contributed by atoms with Gasteiger partial charge < -0.3 is 14.7 Å². The van der Waals surface area contributed by atoms with Crippen molar-refractivity contribution in [3.8, 4) is 0 Å². The molecule has 122 valence electrons. The molecule has 1 amide bonds. The van der Waals surface area contributed by atoms with E-state index in [1.807, 2.05) is 0 Å². The van der Waals surface area contributed by atoms with Crippen LogP contribution in [0.25, 0.3) is 0 Å². The third kappa shape index (κ3) is 3.94. The lowest BCUT2D eigenvalue weighted by Crippen LogP contribution is -2.41. The number of amides is 1. The zero-order valence-corrected chi connectivity index (χ0v) is 13.0. The number of aliphatic hydroxyl groups is 1. The minimum absolute atomic E-state index is 0.215. The second-order valence-electron chi connectivity index (χ2n) is 6.60. The number of nitrogens with zero attached hydrogens (tertiary/aromatic N) is 1. The molecule has 1 aromatic carbocycles. The Morgan fingerprint density at radius 1 is 1.32 bits per heavy atom. The molecule has 0 saturated carbocycles. The molecule has 0 unspecified atom stereocenters. The number of benzene rings is 1. The molecule has 0 bridgehead atoms. The maximum atomic E-state index is 13.3. The number of halogens is 2. The fourth-order valence-corrected chi connectivity index (χ4v) is 2.69. The van der Waals surface area contributed by atoms with E-state index < -0.39 is 29.4 Å². The third-order valence-corrected chi connectivity index (χ3v) is 3.61. The largest absolute Gasteiger partial charge is 0.444 e. The zero-order valence-electron chi connectivity index (χ0n) is 13.0. The van der Waals surface area contributed by atoms with Gasteiger partial charge in [0.2, 0.25) is 0 Å². The fourth-order valence-electron chi connectivity index (χ4n) is 2.69. The smallest absolute Gasteiger partial charge is 0.410 e. The van der Waals surface area contributed by atoms with Gasteiger partial charge in [0.25, 0.3) is 0 Å². The van der Waals surface area contributed by atoms with E-state index in [-0.39, 0.29) is 19.1 Å². The van der Waals surface area contributed by atoms with E-state index >= 15 is 0 Å². The lowest BCUT2D eigenvalue weighted by Gasteiger charge is -2.27. The Morgan fingerprint density at radius 2 is 1.91 bits per heavy atom. The molecule has 1 saturated heterocycles. The zero-order chi connectivity index (χ0) is 16.5. The van der Waals surface area contributed by atoms with Crippen LogP contribution in [-0.2, 0) is 4.74 Å². The molecule has 1 fully saturated rings. The maximum absolute atomic E-state index is 13.3. The average molecular weight is 313 g/mol. The van der Waals surface area contributed by atoms with E-state index in [1.54, 1.807) is 20.8 Å². The summed E-state index contributed by atoms with van der Waals surface area (Å²) in [6, 6.07) is 2.93. The average Bonchev–Trinajstić information content (AvgIpc) is 2.79. The van der Waals surface area contributed by atoms with Crippen molar-refractivity contribution < 1.29 is 23.4 Å². The van der Waals surface area contributed by atoms with Crippen LogP contribution in [0.4, 0.5) is 13.6 Å². The Balaban J connectivity index is 2.16. The van der Waals surface area contributed by atoms with Crippen LogP contribution in [0.15, 0.2) is 18.2 Å². The van der Waals surface area contributed by atoms with E-state index in [0.29, 0.717) is 12.0 Å². The summed E-state index contributed by atoms with van der Waals surface area (Å²) in [6.07, 6.45) is -0.0792. The van der Waals surface area contributed by atoms with Gasteiger partial charge in [0.05, 0.1) is 12.6 Å². The summed E-state index contributed by atoms with van der Waals surface area (Å²) in [4.78, 5) is 13.6. The first kappa shape index (κ1) is 16.7. The molecule has 0 aliphatic carbocycles. The number of hydrogen-bond donors (Lipinski definition) is 1. The fraction of sp³-hybridized carbons (Fsp3) is 0.562. The first-order valence-corrected chi connectivity index (χ1v) is 7.26. The molecule has 0 spiro atoms. The summed E-state index contributed by atoms with van der Waals surface area (Å²) in [7, 11) is 0. The lowest BCUT2D eigenvalue weighted by atomic mass is 9.96. The highest BCUT2D eigenvalue weighted by Crippen LogP contribution is 2.33. The Labute approximate surface area is 128 Å². The van der Waals surface area contributed by atoms with Crippen LogP contribution in [0.5, 0.6) is 0 Å². The molecule has 2 rings (SSSR count). The van der Waals surface area contributed by atoms with Crippen LogP contribution >= 0.6 is 0 Å². The van der Waals surface area contributed by atoms with Crippen molar-refractivity contribution in [2.24, 2.45) is 0 Å². The molecular formula is C16H21F2NO3. The van der Waals surface area contributed by atoms with Crippen molar-refractivity contribution in [3.63, 3.8) is 0 Å². The van der Waals surface area contributed by atoms with E-state index in [9.17, 15) is 18.7 Å². The summed E-state index contributed by atoms with van der Waals surface area (Å²) in [5.41, 5.74) is -0.151. The lowest BCUT2D eigenvalue weighted by molar-refractivity contribution is 0.0174. The van der Waals surface area contributed by atoms with Gasteiger partial charge in [0.15, 0.2) is 0 Å². The van der Waals surface area contributed by atoms with E-state index in [1.165, 1.54) is 17.0 Å². The van der Waals surface area contributed by atoms with E-state index in [0.717, 1.165) is 6.07 Å². The first-order chi connectivity index (χ1) is 10.2. The summed E-state index contributed by atoms with van der Waals surface area (Å²) < 4.78 is 32.0. The first-order valence-electron chi connectivity index (χ1n) is 7.26. The molecule has 1 N–H and O–H groups in total. The number of ether oxygens (including phenoxy) is 1. The van der Waals surface area contributed by atoms with Crippen molar-refractivity contribution >= 4 is 6.09 Å². The highest BCUT2D eigenvalue weighted by Gasteiger charge is 2.38. The van der Waals surface area contributed by atoms with Gasteiger partial charge in [0, 0.05) is 18.5 Å². The topological polar surface area (TPSA) is 49.8 Å². The van der Waals surface area contributed by atoms with Crippen molar-refractivity contribution in [1.29, 1.82) is 0 Å². The van der Waals surface area contributed by atoms with Crippen LogP contribution < -0.4 is 0 Å². The summed E-state index contributed by atoms with van der Waals surface area (Å²) in [5, 5.41) is 9.46. The Kier molecular flexibility index (Phi) is 4.70. The molecular weight excluding hydrogens is 292 g/mol. The van der Waals surface area contributed by atoms with Crippen molar-refractivity contribution in [1.82, 2.24) is 4.90 Å². The summed E-state index contributed by atoms with van der Waals surface area (Å²) in [5.74, 6) is -1.52. The SMILES string of the molecule is CC(C)(C)OC(=O)N1C[C@@H](c2cc(F)cc(F)c2)C[C@@H]1CO. The van der Waals surface area contributed by atoms with Gasteiger partial charge in [-0.1, -0.05) is 0 Å². The molecule has 0 radical (unpaired) electrons. The van der Waals surface area contributed by atoms with E-state index in [4.69, 9.17) is 4.74 Å². The Bertz CT molecular complexity index is 537. The highest BCUT2D eigenvalue weighted by atomic mass is 19.1. The van der Waals surface area contributed by atoms with Gasteiger partial charge in [0.1, 0.15) is 17.2 Å². The van der Waals surface area contributed by atoms with Gasteiger partial charge >= 0.3 is 6.09 Å². The van der Waals surface area contributed by atoms with Gasteiger partial charge in [-0.05, 0) is 44.9 Å². The normalized spacial score (nSPS) is 22.0. The molecule has 1 heterocycles. The second-order valence-corrected chi connectivity index (χ2v) is 6.60. The molecule has 1 aromatic rings. The van der Waals surface area contributed by atoms with Gasteiger partial charge in [-0.3, -0.25) is 0 Å². The number of carbonyl (C=O) groups excluding carboxylic acids is 1. The van der Waals surface area contributed by atoms with Crippen molar-refractivity contribution in [3.05, 3.63) is 35.4 Å². The molecule has 22 heavy (non-hydrogen) atoms. The Morgan fingerprint density at radius 3 is 2.41 bits per heavy atom.